The Morgan fingerprint density at radius 1 is 0.880 bits per heavy atom. The van der Waals surface area contributed by atoms with E-state index < -0.39 is 16.1 Å². The Hall–Kier alpha value is -0.920. The third-order valence-corrected chi connectivity index (χ3v) is 4.83. The van der Waals surface area contributed by atoms with Gasteiger partial charge in [-0.2, -0.15) is 8.42 Å². The van der Waals surface area contributed by atoms with Gasteiger partial charge in [-0.25, -0.2) is 0 Å². The van der Waals surface area contributed by atoms with E-state index in [1.807, 2.05) is 6.08 Å². The topological polar surface area (TPSA) is 112 Å². The van der Waals surface area contributed by atoms with E-state index in [2.05, 4.69) is 6.08 Å². The summed E-state index contributed by atoms with van der Waals surface area (Å²) in [7, 11) is -3.84. The molecule has 0 aliphatic carbocycles. The summed E-state index contributed by atoms with van der Waals surface area (Å²) in [5, 5.41) is 18.4. The molecule has 6 nitrogen and oxygen atoms in total. The minimum atomic E-state index is -3.84. The summed E-state index contributed by atoms with van der Waals surface area (Å²) in [5.41, 5.74) is 0. The minimum Gasteiger partial charge on any atom is -0.481 e. The van der Waals surface area contributed by atoms with Gasteiger partial charge in [-0.1, -0.05) is 50.7 Å². The monoisotopic (exact) mass is 378 g/mol. The molecule has 0 rings (SSSR count). The highest BCUT2D eigenvalue weighted by molar-refractivity contribution is 7.85. The lowest BCUT2D eigenvalue weighted by Crippen LogP contribution is -2.05. The zero-order valence-electron chi connectivity index (χ0n) is 15.1. The van der Waals surface area contributed by atoms with Crippen LogP contribution in [0, 0.1) is 0 Å². The molecule has 0 aromatic heterocycles. The zero-order valence-corrected chi connectivity index (χ0v) is 15.9. The third kappa shape index (κ3) is 21.0. The van der Waals surface area contributed by atoms with E-state index in [1.54, 1.807) is 0 Å². The van der Waals surface area contributed by atoms with Crippen LogP contribution in [0.5, 0.6) is 0 Å². The first-order chi connectivity index (χ1) is 11.8. The Morgan fingerprint density at radius 3 is 2.16 bits per heavy atom. The summed E-state index contributed by atoms with van der Waals surface area (Å²) in [6.07, 6.45) is 14.3. The van der Waals surface area contributed by atoms with Gasteiger partial charge in [0.05, 0.1) is 11.9 Å². The maximum atomic E-state index is 10.5. The number of rotatable bonds is 17. The summed E-state index contributed by atoms with van der Waals surface area (Å²) in [4.78, 5) is 10.3. The van der Waals surface area contributed by atoms with Gasteiger partial charge in [0.1, 0.15) is 0 Å². The molecule has 0 saturated carbocycles. The smallest absolute Gasteiger partial charge is 0.303 e. The number of aliphatic hydroxyl groups is 1. The molecule has 0 aliphatic heterocycles. The SMILES string of the molecule is O=C(O)CCCCCCC/C=C/CC(O)CCCCCCS(=O)(=O)O. The fourth-order valence-electron chi connectivity index (χ4n) is 2.58. The molecular formula is C18H34O6S. The molecule has 3 N–H and O–H groups in total. The molecule has 25 heavy (non-hydrogen) atoms. The molecule has 0 aliphatic rings. The lowest BCUT2D eigenvalue weighted by Gasteiger charge is -2.07. The van der Waals surface area contributed by atoms with E-state index in [0.29, 0.717) is 19.3 Å². The van der Waals surface area contributed by atoms with Crippen molar-refractivity contribution in [3.05, 3.63) is 12.2 Å². The summed E-state index contributed by atoms with van der Waals surface area (Å²) in [5.74, 6) is -0.905. The van der Waals surface area contributed by atoms with Gasteiger partial charge in [0.25, 0.3) is 10.1 Å². The van der Waals surface area contributed by atoms with Crippen LogP contribution in [0.1, 0.15) is 83.5 Å². The molecule has 148 valence electrons. The molecule has 1 unspecified atom stereocenters. The quantitative estimate of drug-likeness (QED) is 0.201. The Morgan fingerprint density at radius 2 is 1.48 bits per heavy atom. The van der Waals surface area contributed by atoms with Crippen molar-refractivity contribution in [1.82, 2.24) is 0 Å². The Bertz CT molecular complexity index is 458. The van der Waals surface area contributed by atoms with Crippen LogP contribution in [-0.2, 0) is 14.9 Å². The van der Waals surface area contributed by atoms with Gasteiger partial charge >= 0.3 is 5.97 Å². The third-order valence-electron chi connectivity index (χ3n) is 4.03. The first-order valence-electron chi connectivity index (χ1n) is 9.31. The highest BCUT2D eigenvalue weighted by Crippen LogP contribution is 2.11. The average Bonchev–Trinajstić information content (AvgIpc) is 2.51. The van der Waals surface area contributed by atoms with Crippen molar-refractivity contribution in [2.45, 2.75) is 89.6 Å². The van der Waals surface area contributed by atoms with Crippen molar-refractivity contribution < 1.29 is 28.0 Å². The van der Waals surface area contributed by atoms with Gasteiger partial charge in [0.15, 0.2) is 0 Å². The average molecular weight is 379 g/mol. The van der Waals surface area contributed by atoms with E-state index in [0.717, 1.165) is 57.8 Å². The second-order valence-corrected chi connectivity index (χ2v) is 8.12. The molecule has 0 saturated heterocycles. The predicted octanol–water partition coefficient (Wildman–Crippen LogP) is 3.95. The molecule has 0 fully saturated rings. The molecule has 7 heteroatoms. The number of unbranched alkanes of at least 4 members (excludes halogenated alkanes) is 8. The van der Waals surface area contributed by atoms with E-state index >= 15 is 0 Å². The second kappa shape index (κ2) is 15.3. The maximum Gasteiger partial charge on any atom is 0.303 e. The number of hydrogen-bond donors (Lipinski definition) is 3. The molecule has 0 bridgehead atoms. The lowest BCUT2D eigenvalue weighted by molar-refractivity contribution is -0.137. The first kappa shape index (κ1) is 24.1. The molecule has 0 amide bonds. The normalized spacial score (nSPS) is 13.4. The van der Waals surface area contributed by atoms with Crippen molar-refractivity contribution in [3.63, 3.8) is 0 Å². The molecule has 0 aromatic carbocycles. The van der Waals surface area contributed by atoms with Crippen LogP contribution in [0.2, 0.25) is 0 Å². The van der Waals surface area contributed by atoms with Gasteiger partial charge < -0.3 is 10.2 Å². The zero-order chi connectivity index (χ0) is 19.0. The summed E-state index contributed by atoms with van der Waals surface area (Å²) in [6.45, 7) is 0. The number of carboxylic acid groups (broad SMARTS) is 1. The highest BCUT2D eigenvalue weighted by Gasteiger charge is 2.04. The predicted molar refractivity (Wildman–Crippen MR) is 99.2 cm³/mol. The van der Waals surface area contributed by atoms with Crippen LogP contribution in [0.4, 0.5) is 0 Å². The summed E-state index contributed by atoms with van der Waals surface area (Å²) >= 11 is 0. The van der Waals surface area contributed by atoms with Gasteiger partial charge in [0, 0.05) is 6.42 Å². The number of allylic oxidation sites excluding steroid dienone is 1. The minimum absolute atomic E-state index is 0.183. The standard InChI is InChI=1S/C18H34O6S/c19-17(14-10-7-8-12-16-25(22,23)24)13-9-5-3-1-2-4-6-11-15-18(20)21/h5,9,17,19H,1-4,6-8,10-16H2,(H,20,21)(H,22,23,24)/b9-5+. The van der Waals surface area contributed by atoms with Crippen molar-refractivity contribution >= 4 is 16.1 Å². The van der Waals surface area contributed by atoms with Crippen LogP contribution in [0.15, 0.2) is 12.2 Å². The number of aliphatic hydroxyl groups excluding tert-OH is 1. The Kier molecular flexibility index (Phi) is 14.8. The molecule has 0 radical (unpaired) electrons. The van der Waals surface area contributed by atoms with Crippen molar-refractivity contribution in [2.75, 3.05) is 5.75 Å². The van der Waals surface area contributed by atoms with Gasteiger partial charge in [-0.05, 0) is 38.5 Å². The summed E-state index contributed by atoms with van der Waals surface area (Å²) < 4.78 is 29.7. The van der Waals surface area contributed by atoms with E-state index in [9.17, 15) is 18.3 Å². The largest absolute Gasteiger partial charge is 0.481 e. The fraction of sp³-hybridized carbons (Fsp3) is 0.833. The van der Waals surface area contributed by atoms with Crippen LogP contribution < -0.4 is 0 Å². The summed E-state index contributed by atoms with van der Waals surface area (Å²) in [6, 6.07) is 0. The van der Waals surface area contributed by atoms with Crippen molar-refractivity contribution in [1.29, 1.82) is 0 Å². The van der Waals surface area contributed by atoms with Crippen LogP contribution in [0.25, 0.3) is 0 Å². The Labute approximate surface area is 152 Å². The fourth-order valence-corrected chi connectivity index (χ4v) is 3.14. The number of aliphatic carboxylic acids is 1. The number of hydrogen-bond acceptors (Lipinski definition) is 4. The number of carbonyl (C=O) groups is 1. The van der Waals surface area contributed by atoms with E-state index in [-0.39, 0.29) is 18.3 Å². The maximum absolute atomic E-state index is 10.5. The van der Waals surface area contributed by atoms with E-state index in [1.165, 1.54) is 0 Å². The van der Waals surface area contributed by atoms with Crippen LogP contribution >= 0.6 is 0 Å². The van der Waals surface area contributed by atoms with Gasteiger partial charge in [-0.15, -0.1) is 0 Å². The molecule has 1 atom stereocenters. The second-order valence-electron chi connectivity index (χ2n) is 6.55. The van der Waals surface area contributed by atoms with Crippen LogP contribution in [-0.4, -0.2) is 41.0 Å². The van der Waals surface area contributed by atoms with Crippen LogP contribution in [0.3, 0.4) is 0 Å². The van der Waals surface area contributed by atoms with Gasteiger partial charge in [-0.3, -0.25) is 9.35 Å². The lowest BCUT2D eigenvalue weighted by atomic mass is 10.1. The van der Waals surface area contributed by atoms with Crippen molar-refractivity contribution in [3.8, 4) is 0 Å². The molecule has 0 spiro atoms. The first-order valence-corrected chi connectivity index (χ1v) is 10.9. The van der Waals surface area contributed by atoms with Crippen molar-refractivity contribution in [2.24, 2.45) is 0 Å². The Balaban J connectivity index is 3.37. The van der Waals surface area contributed by atoms with Gasteiger partial charge in [0.2, 0.25) is 0 Å². The highest BCUT2D eigenvalue weighted by atomic mass is 32.2. The molecular weight excluding hydrogens is 344 g/mol. The van der Waals surface area contributed by atoms with E-state index in [4.69, 9.17) is 9.66 Å². The molecule has 0 heterocycles. The molecule has 0 aromatic rings. The number of carboxylic acids is 1.